The number of aliphatic carboxylic acids is 1. The highest BCUT2D eigenvalue weighted by molar-refractivity contribution is 5.88. The zero-order valence-corrected chi connectivity index (χ0v) is 19.6. The summed E-state index contributed by atoms with van der Waals surface area (Å²) in [6.45, 7) is 6.22. The number of aromatic nitrogens is 3. The summed E-state index contributed by atoms with van der Waals surface area (Å²) < 4.78 is 6.01. The number of carbonyl (C=O) groups is 1. The van der Waals surface area contributed by atoms with Crippen LogP contribution in [0.3, 0.4) is 0 Å². The van der Waals surface area contributed by atoms with E-state index in [4.69, 9.17) is 9.84 Å². The molecule has 7 nitrogen and oxygen atoms in total. The highest BCUT2D eigenvalue weighted by atomic mass is 16.5. The second kappa shape index (κ2) is 10.8. The Morgan fingerprint density at radius 2 is 1.91 bits per heavy atom. The molecule has 0 unspecified atom stereocenters. The number of anilines is 1. The predicted octanol–water partition coefficient (Wildman–Crippen LogP) is 4.93. The maximum Gasteiger partial charge on any atom is 0.307 e. The zero-order chi connectivity index (χ0) is 23.9. The first-order chi connectivity index (χ1) is 16.5. The SMILES string of the molecule is CCc1cnc(N(CCCOc2ccc3[nH]cc(CC(=O)O)c3c2)Cc2ccccc2C)nc1. The molecule has 2 N–H and O–H groups in total. The Bertz CT molecular complexity index is 1250. The van der Waals surface area contributed by atoms with Gasteiger partial charge in [0.1, 0.15) is 5.75 Å². The summed E-state index contributed by atoms with van der Waals surface area (Å²) in [4.78, 5) is 25.6. The van der Waals surface area contributed by atoms with Crippen LogP contribution in [0.25, 0.3) is 10.9 Å². The van der Waals surface area contributed by atoms with E-state index in [9.17, 15) is 4.79 Å². The van der Waals surface area contributed by atoms with Gasteiger partial charge in [0.15, 0.2) is 0 Å². The van der Waals surface area contributed by atoms with Crippen molar-refractivity contribution in [2.75, 3.05) is 18.1 Å². The summed E-state index contributed by atoms with van der Waals surface area (Å²) in [7, 11) is 0. The molecular formula is C27H30N4O3. The second-order valence-corrected chi connectivity index (χ2v) is 8.39. The van der Waals surface area contributed by atoms with Crippen molar-refractivity contribution in [2.24, 2.45) is 0 Å². The van der Waals surface area contributed by atoms with E-state index in [1.54, 1.807) is 6.20 Å². The van der Waals surface area contributed by atoms with Gasteiger partial charge >= 0.3 is 5.97 Å². The third-order valence-electron chi connectivity index (χ3n) is 5.93. The molecule has 2 heterocycles. The minimum atomic E-state index is -0.852. The van der Waals surface area contributed by atoms with Crippen LogP contribution in [0, 0.1) is 6.92 Å². The molecule has 0 aliphatic heterocycles. The van der Waals surface area contributed by atoms with E-state index in [-0.39, 0.29) is 6.42 Å². The zero-order valence-electron chi connectivity index (χ0n) is 19.6. The van der Waals surface area contributed by atoms with Crippen molar-refractivity contribution in [3.05, 3.63) is 83.3 Å². The van der Waals surface area contributed by atoms with Gasteiger partial charge in [0.2, 0.25) is 5.95 Å². The van der Waals surface area contributed by atoms with Gasteiger partial charge < -0.3 is 19.7 Å². The first-order valence-corrected chi connectivity index (χ1v) is 11.6. The number of ether oxygens (including phenoxy) is 1. The number of aryl methyl sites for hydroxylation is 2. The minimum absolute atomic E-state index is 0.0197. The smallest absolute Gasteiger partial charge is 0.307 e. The van der Waals surface area contributed by atoms with Crippen LogP contribution in [0.5, 0.6) is 5.75 Å². The molecule has 34 heavy (non-hydrogen) atoms. The molecular weight excluding hydrogens is 428 g/mol. The first-order valence-electron chi connectivity index (χ1n) is 11.6. The molecule has 176 valence electrons. The number of rotatable bonds is 11. The number of carboxylic acids is 1. The molecule has 2 aromatic heterocycles. The van der Waals surface area contributed by atoms with Crippen molar-refractivity contribution < 1.29 is 14.6 Å². The van der Waals surface area contributed by atoms with Crippen LogP contribution < -0.4 is 9.64 Å². The van der Waals surface area contributed by atoms with E-state index in [0.717, 1.165) is 53.7 Å². The van der Waals surface area contributed by atoms with Gasteiger partial charge in [0.05, 0.1) is 13.0 Å². The highest BCUT2D eigenvalue weighted by Crippen LogP contribution is 2.24. The number of carboxylic acid groups (broad SMARTS) is 1. The van der Waals surface area contributed by atoms with E-state index in [2.05, 4.69) is 51.9 Å². The van der Waals surface area contributed by atoms with Crippen LogP contribution in [-0.4, -0.2) is 39.2 Å². The molecule has 0 spiro atoms. The van der Waals surface area contributed by atoms with Gasteiger partial charge in [-0.1, -0.05) is 31.2 Å². The van der Waals surface area contributed by atoms with Crippen LogP contribution >= 0.6 is 0 Å². The molecule has 0 radical (unpaired) electrons. The maximum atomic E-state index is 11.1. The number of aromatic amines is 1. The van der Waals surface area contributed by atoms with Gasteiger partial charge in [-0.15, -0.1) is 0 Å². The summed E-state index contributed by atoms with van der Waals surface area (Å²) in [6.07, 6.45) is 7.21. The molecule has 2 aromatic carbocycles. The van der Waals surface area contributed by atoms with Crippen LogP contribution in [0.15, 0.2) is 61.1 Å². The first kappa shape index (κ1) is 23.3. The van der Waals surface area contributed by atoms with Crippen LogP contribution in [0.1, 0.15) is 35.6 Å². The van der Waals surface area contributed by atoms with Crippen LogP contribution in [0.2, 0.25) is 0 Å². The Kier molecular flexibility index (Phi) is 7.42. The average molecular weight is 459 g/mol. The van der Waals surface area contributed by atoms with Gasteiger partial charge in [-0.25, -0.2) is 9.97 Å². The largest absolute Gasteiger partial charge is 0.494 e. The number of hydrogen-bond donors (Lipinski definition) is 2. The van der Waals surface area contributed by atoms with Gasteiger partial charge in [0, 0.05) is 42.6 Å². The molecule has 0 atom stereocenters. The Morgan fingerprint density at radius 1 is 1.12 bits per heavy atom. The normalized spacial score (nSPS) is 11.0. The van der Waals surface area contributed by atoms with Gasteiger partial charge in [-0.05, 0) is 60.2 Å². The lowest BCUT2D eigenvalue weighted by Crippen LogP contribution is -2.27. The van der Waals surface area contributed by atoms with Crippen molar-refractivity contribution in [3.8, 4) is 5.75 Å². The van der Waals surface area contributed by atoms with Crippen molar-refractivity contribution in [1.29, 1.82) is 0 Å². The summed E-state index contributed by atoms with van der Waals surface area (Å²) in [5, 5.41) is 10.0. The number of H-pyrrole nitrogens is 1. The van der Waals surface area contributed by atoms with Crippen molar-refractivity contribution >= 4 is 22.8 Å². The maximum absolute atomic E-state index is 11.1. The van der Waals surface area contributed by atoms with Crippen molar-refractivity contribution in [1.82, 2.24) is 15.0 Å². The van der Waals surface area contributed by atoms with Gasteiger partial charge in [-0.3, -0.25) is 4.79 Å². The molecule has 0 amide bonds. The lowest BCUT2D eigenvalue weighted by Gasteiger charge is -2.23. The molecule has 4 aromatic rings. The fraction of sp³-hybridized carbons (Fsp3) is 0.296. The van der Waals surface area contributed by atoms with Crippen molar-refractivity contribution in [3.63, 3.8) is 0 Å². The second-order valence-electron chi connectivity index (χ2n) is 8.39. The highest BCUT2D eigenvalue weighted by Gasteiger charge is 2.13. The Balaban J connectivity index is 1.42. The lowest BCUT2D eigenvalue weighted by atomic mass is 10.1. The standard InChI is InChI=1S/C27H30N4O3/c1-3-20-15-29-27(30-16-20)31(18-21-8-5-4-7-19(21)2)11-6-12-34-23-9-10-25-24(14-23)22(17-28-25)13-26(32)33/h4-5,7-10,14-17,28H,3,6,11-13,18H2,1-2H3,(H,32,33). The van der Waals surface area contributed by atoms with E-state index in [0.29, 0.717) is 12.6 Å². The quantitative estimate of drug-likeness (QED) is 0.310. The van der Waals surface area contributed by atoms with E-state index in [1.807, 2.05) is 36.7 Å². The Morgan fingerprint density at radius 3 is 2.65 bits per heavy atom. The minimum Gasteiger partial charge on any atom is -0.494 e. The topological polar surface area (TPSA) is 91.3 Å². The fourth-order valence-corrected chi connectivity index (χ4v) is 3.94. The summed E-state index contributed by atoms with van der Waals surface area (Å²) in [5.74, 6) is 0.593. The number of benzene rings is 2. The monoisotopic (exact) mass is 458 g/mol. The number of fused-ring (bicyclic) bond motifs is 1. The number of nitrogens with one attached hydrogen (secondary N) is 1. The molecule has 4 rings (SSSR count). The molecule has 0 fully saturated rings. The number of hydrogen-bond acceptors (Lipinski definition) is 5. The van der Waals surface area contributed by atoms with E-state index < -0.39 is 5.97 Å². The van der Waals surface area contributed by atoms with E-state index in [1.165, 1.54) is 11.1 Å². The summed E-state index contributed by atoms with van der Waals surface area (Å²) in [5.41, 5.74) is 5.26. The average Bonchev–Trinajstić information content (AvgIpc) is 3.23. The molecule has 7 heteroatoms. The Labute approximate surface area is 199 Å². The molecule has 0 bridgehead atoms. The number of nitrogens with zero attached hydrogens (tertiary/aromatic N) is 3. The third-order valence-corrected chi connectivity index (χ3v) is 5.93. The predicted molar refractivity (Wildman–Crippen MR) is 133 cm³/mol. The third kappa shape index (κ3) is 5.73. The Hall–Kier alpha value is -3.87. The summed E-state index contributed by atoms with van der Waals surface area (Å²) >= 11 is 0. The molecule has 0 saturated heterocycles. The van der Waals surface area contributed by atoms with Gasteiger partial charge in [0.25, 0.3) is 0 Å². The summed E-state index contributed by atoms with van der Waals surface area (Å²) in [6, 6.07) is 14.1. The van der Waals surface area contributed by atoms with Crippen LogP contribution in [0.4, 0.5) is 5.95 Å². The van der Waals surface area contributed by atoms with Gasteiger partial charge in [-0.2, -0.15) is 0 Å². The molecule has 0 saturated carbocycles. The fourth-order valence-electron chi connectivity index (χ4n) is 3.94. The van der Waals surface area contributed by atoms with Crippen LogP contribution in [-0.2, 0) is 24.2 Å². The molecule has 0 aliphatic carbocycles. The van der Waals surface area contributed by atoms with Crippen molar-refractivity contribution in [2.45, 2.75) is 39.7 Å². The lowest BCUT2D eigenvalue weighted by molar-refractivity contribution is -0.136. The molecule has 0 aliphatic rings. The van der Waals surface area contributed by atoms with E-state index >= 15 is 0 Å².